The van der Waals surface area contributed by atoms with E-state index in [0.717, 1.165) is 51.9 Å². The molecule has 1 N–H and O–H groups in total. The number of carbonyl (C=O) groups is 4. The summed E-state index contributed by atoms with van der Waals surface area (Å²) < 4.78 is 41.5. The monoisotopic (exact) mass is 1150 g/mol. The topological polar surface area (TPSA) is 146 Å². The number of carbonyl (C=O) groups excluding carboxylic acids is 3. The number of rotatable bonds is 18. The SMILES string of the molecule is CC(C)[Si](Oc1c2c(c(CC(=O)N3CCN(C)CC3)c3cc(Cc4ccc(F)cc4)cnc13)CN(C)C2=O)(C(C)C)C(C)C.CC(C)[Si](Oc1c2c(c(CC(=O)O)c3cc(Cc4ccc(F)cc4)cnc13)CN(C)C2=O)(C(C)C)C(C)C. The molecular formula is C65H84F2N6O7Si2. The van der Waals surface area contributed by atoms with Gasteiger partial charge in [0.25, 0.3) is 28.4 Å². The lowest BCUT2D eigenvalue weighted by molar-refractivity contribution is -0.136. The molecule has 0 unspecified atom stereocenters. The molecule has 0 bridgehead atoms. The molecule has 9 rings (SSSR count). The lowest BCUT2D eigenvalue weighted by Gasteiger charge is -2.42. The summed E-state index contributed by atoms with van der Waals surface area (Å²) in [7, 11) is 0.677. The fraction of sp³-hybridized carbons (Fsp3) is 0.477. The van der Waals surface area contributed by atoms with Crippen molar-refractivity contribution in [3.8, 4) is 11.5 Å². The summed E-state index contributed by atoms with van der Waals surface area (Å²) in [5.74, 6) is -0.644. The van der Waals surface area contributed by atoms with Crippen molar-refractivity contribution in [1.82, 2.24) is 29.6 Å². The van der Waals surface area contributed by atoms with Crippen molar-refractivity contribution >= 4 is 62.1 Å². The number of piperazine rings is 1. The van der Waals surface area contributed by atoms with Crippen LogP contribution < -0.4 is 8.85 Å². The van der Waals surface area contributed by atoms with Gasteiger partial charge in [0.15, 0.2) is 0 Å². The highest BCUT2D eigenvalue weighted by Crippen LogP contribution is 2.50. The average molecular weight is 1160 g/mol. The van der Waals surface area contributed by atoms with Crippen LogP contribution in [0.1, 0.15) is 148 Å². The van der Waals surface area contributed by atoms with Crippen LogP contribution in [0.5, 0.6) is 11.5 Å². The minimum atomic E-state index is -2.47. The highest BCUT2D eigenvalue weighted by molar-refractivity contribution is 6.79. The summed E-state index contributed by atoms with van der Waals surface area (Å²) in [6, 6.07) is 16.9. The van der Waals surface area contributed by atoms with Crippen molar-refractivity contribution in [3.05, 3.63) is 140 Å². The van der Waals surface area contributed by atoms with Gasteiger partial charge in [0.05, 0.1) is 24.0 Å². The maximum absolute atomic E-state index is 13.9. The second kappa shape index (κ2) is 24.7. The Morgan fingerprint density at radius 3 is 1.24 bits per heavy atom. The number of nitrogens with zero attached hydrogens (tertiary/aromatic N) is 6. The van der Waals surface area contributed by atoms with E-state index in [0.29, 0.717) is 106 Å². The first-order valence-electron chi connectivity index (χ1n) is 29.2. The summed E-state index contributed by atoms with van der Waals surface area (Å²) >= 11 is 0. The van der Waals surface area contributed by atoms with Gasteiger partial charge >= 0.3 is 5.97 Å². The number of hydrogen-bond acceptors (Lipinski definition) is 9. The van der Waals surface area contributed by atoms with Crippen LogP contribution in [0.4, 0.5) is 8.78 Å². The molecule has 5 heterocycles. The lowest BCUT2D eigenvalue weighted by atomic mass is 9.92. The fourth-order valence-corrected chi connectivity index (χ4v) is 24.3. The van der Waals surface area contributed by atoms with Gasteiger partial charge in [-0.3, -0.25) is 29.1 Å². The van der Waals surface area contributed by atoms with E-state index in [4.69, 9.17) is 18.8 Å². The molecule has 6 aromatic rings. The number of aliphatic carboxylic acids is 1. The average Bonchev–Trinajstić information content (AvgIpc) is 3.89. The Labute approximate surface area is 485 Å². The second-order valence-corrected chi connectivity index (χ2v) is 35.8. The molecule has 13 nitrogen and oxygen atoms in total. The van der Waals surface area contributed by atoms with Crippen LogP contribution in [0.25, 0.3) is 21.8 Å². The van der Waals surface area contributed by atoms with Gasteiger partial charge in [-0.1, -0.05) is 107 Å². The van der Waals surface area contributed by atoms with Crippen LogP contribution >= 0.6 is 0 Å². The van der Waals surface area contributed by atoms with Gasteiger partial charge in [0.1, 0.15) is 34.2 Å². The predicted octanol–water partition coefficient (Wildman–Crippen LogP) is 13.2. The molecule has 1 saturated heterocycles. The molecular weight excluding hydrogens is 1070 g/mol. The third-order valence-corrected chi connectivity index (χ3v) is 29.7. The van der Waals surface area contributed by atoms with Gasteiger partial charge in [-0.2, -0.15) is 0 Å². The quantitative estimate of drug-likeness (QED) is 0.0825. The highest BCUT2D eigenvalue weighted by atomic mass is 28.4. The van der Waals surface area contributed by atoms with Gasteiger partial charge in [0.2, 0.25) is 5.91 Å². The number of benzene rings is 4. The Bertz CT molecular complexity index is 3340. The smallest absolute Gasteiger partial charge is 0.307 e. The first-order chi connectivity index (χ1) is 38.7. The van der Waals surface area contributed by atoms with Gasteiger partial charge in [-0.25, -0.2) is 8.78 Å². The van der Waals surface area contributed by atoms with Crippen LogP contribution in [0.3, 0.4) is 0 Å². The number of carboxylic acids is 1. The minimum Gasteiger partial charge on any atom is -0.541 e. The number of aromatic nitrogens is 2. The number of pyridine rings is 2. The number of carboxylic acid groups (broad SMARTS) is 1. The number of fused-ring (bicyclic) bond motifs is 4. The van der Waals surface area contributed by atoms with E-state index in [1.165, 1.54) is 24.3 Å². The Kier molecular flexibility index (Phi) is 18.5. The molecule has 0 radical (unpaired) electrons. The van der Waals surface area contributed by atoms with E-state index in [9.17, 15) is 33.1 Å². The van der Waals surface area contributed by atoms with Crippen molar-refractivity contribution in [2.75, 3.05) is 47.3 Å². The van der Waals surface area contributed by atoms with Gasteiger partial charge in [0, 0.05) is 76.5 Å². The fourth-order valence-electron chi connectivity index (χ4n) is 13.8. The second-order valence-electron chi connectivity index (χ2n) is 25.0. The lowest BCUT2D eigenvalue weighted by Crippen LogP contribution is -2.51. The third kappa shape index (κ3) is 12.0. The van der Waals surface area contributed by atoms with Crippen LogP contribution in [0.2, 0.25) is 33.2 Å². The summed E-state index contributed by atoms with van der Waals surface area (Å²) in [5.41, 5.74) is 10.7. The number of amides is 3. The molecule has 0 saturated carbocycles. The molecule has 0 spiro atoms. The molecule has 0 aliphatic carbocycles. The Morgan fingerprint density at radius 1 is 0.549 bits per heavy atom. The molecule has 3 aliphatic heterocycles. The van der Waals surface area contributed by atoms with Gasteiger partial charge < -0.3 is 33.6 Å². The van der Waals surface area contributed by atoms with Crippen molar-refractivity contribution in [2.45, 2.75) is 155 Å². The number of hydrogen-bond donors (Lipinski definition) is 1. The zero-order chi connectivity index (χ0) is 59.9. The summed E-state index contributed by atoms with van der Waals surface area (Å²) in [5, 5.41) is 11.4. The summed E-state index contributed by atoms with van der Waals surface area (Å²) in [6.07, 6.45) is 4.66. The summed E-state index contributed by atoms with van der Waals surface area (Å²) in [6.45, 7) is 30.4. The van der Waals surface area contributed by atoms with Gasteiger partial charge in [-0.05, 0) is 134 Å². The maximum atomic E-state index is 13.9. The van der Waals surface area contributed by atoms with Crippen LogP contribution in [-0.4, -0.2) is 122 Å². The Morgan fingerprint density at radius 2 is 0.902 bits per heavy atom. The number of likely N-dealkylation sites (N-methyl/N-ethyl adjacent to an activating group) is 1. The van der Waals surface area contributed by atoms with Crippen LogP contribution in [-0.2, 0) is 48.4 Å². The molecule has 0 atom stereocenters. The van der Waals surface area contributed by atoms with E-state index < -0.39 is 22.6 Å². The van der Waals surface area contributed by atoms with E-state index in [2.05, 4.69) is 101 Å². The first-order valence-corrected chi connectivity index (χ1v) is 33.5. The van der Waals surface area contributed by atoms with Crippen molar-refractivity contribution in [2.24, 2.45) is 0 Å². The molecule has 17 heteroatoms. The molecule has 4 aromatic carbocycles. The van der Waals surface area contributed by atoms with Crippen LogP contribution in [0, 0.1) is 11.6 Å². The third-order valence-electron chi connectivity index (χ3n) is 17.8. The molecule has 438 valence electrons. The standard InChI is InChI=1S/C35H47FN4O3Si.C30H37FN2O4Si/c1-22(2)44(23(3)4,24(5)6)43-34-32-30(21-39(8)35(32)42)28(19-31(41)40-15-13-38(7)14-16-40)29-18-26(20-37-33(29)34)17-25-9-11-27(36)12-10-25;1-17(2)38(18(3)4,19(5)6)37-29-27-25(16-33(7)30(27)36)23(14-26(34)35)24-13-21(15-32-28(24)29)12-20-8-10-22(31)11-9-20/h9-12,18,20,22-24H,13-17,19,21H2,1-8H3;8-11,13,15,17-19H,12,14,16H2,1-7H3,(H,34,35). The largest absolute Gasteiger partial charge is 0.541 e. The summed E-state index contributed by atoms with van der Waals surface area (Å²) in [4.78, 5) is 70.5. The zero-order valence-corrected chi connectivity index (χ0v) is 52.8. The predicted molar refractivity (Wildman–Crippen MR) is 326 cm³/mol. The molecule has 3 aliphatic rings. The van der Waals surface area contributed by atoms with Crippen molar-refractivity contribution < 1.29 is 41.9 Å². The maximum Gasteiger partial charge on any atom is 0.307 e. The minimum absolute atomic E-state index is 0.0662. The Hall–Kier alpha value is -6.57. The Balaban J connectivity index is 0.000000217. The normalized spacial score (nSPS) is 15.0. The van der Waals surface area contributed by atoms with Gasteiger partial charge in [-0.15, -0.1) is 0 Å². The van der Waals surface area contributed by atoms with Crippen molar-refractivity contribution in [3.63, 3.8) is 0 Å². The molecule has 2 aromatic heterocycles. The number of halogens is 2. The van der Waals surface area contributed by atoms with Crippen molar-refractivity contribution in [1.29, 1.82) is 0 Å². The highest BCUT2D eigenvalue weighted by Gasteiger charge is 2.50. The first kappa shape index (κ1) is 61.5. The molecule has 82 heavy (non-hydrogen) atoms. The van der Waals surface area contributed by atoms with E-state index in [1.807, 2.05) is 24.2 Å². The molecule has 3 amide bonds. The molecule has 1 fully saturated rings. The zero-order valence-electron chi connectivity index (χ0n) is 50.8. The van der Waals surface area contributed by atoms with E-state index in [-0.39, 0.29) is 58.8 Å². The van der Waals surface area contributed by atoms with E-state index >= 15 is 0 Å². The van der Waals surface area contributed by atoms with Crippen LogP contribution in [0.15, 0.2) is 73.1 Å². The van der Waals surface area contributed by atoms with E-state index in [1.54, 1.807) is 47.3 Å².